The van der Waals surface area contributed by atoms with Crippen LogP contribution < -0.4 is 4.90 Å². The standard InChI is InChI=1S/C18H19NO3/c1-10-5-6-12(9-11(10)2)19-15(20)13-14(16(19)21)18(4)8-7-17(13,3)22-18/h5-9,13-14H,1-4H3/t13-,14-,17+,18+/m1/s1. The van der Waals surface area contributed by atoms with Crippen molar-refractivity contribution < 1.29 is 14.3 Å². The topological polar surface area (TPSA) is 46.6 Å². The number of carbonyl (C=O) groups is 2. The smallest absolute Gasteiger partial charge is 0.241 e. The molecule has 2 bridgehead atoms. The van der Waals surface area contributed by atoms with Gasteiger partial charge in [0.15, 0.2) is 0 Å². The normalized spacial score (nSPS) is 39.0. The molecule has 3 aliphatic heterocycles. The second-order valence-corrected chi connectivity index (χ2v) is 7.04. The molecule has 0 aliphatic carbocycles. The first-order valence-electron chi connectivity index (χ1n) is 7.62. The van der Waals surface area contributed by atoms with Crippen LogP contribution in [0, 0.1) is 25.7 Å². The average Bonchev–Trinajstić information content (AvgIpc) is 2.99. The van der Waals surface area contributed by atoms with E-state index in [-0.39, 0.29) is 11.8 Å². The predicted molar refractivity (Wildman–Crippen MR) is 82.4 cm³/mol. The Bertz CT molecular complexity index is 717. The fourth-order valence-corrected chi connectivity index (χ4v) is 4.15. The van der Waals surface area contributed by atoms with Crippen molar-refractivity contribution in [1.82, 2.24) is 0 Å². The van der Waals surface area contributed by atoms with Gasteiger partial charge in [-0.3, -0.25) is 9.59 Å². The molecule has 22 heavy (non-hydrogen) atoms. The molecule has 3 aliphatic rings. The SMILES string of the molecule is Cc1ccc(N2C(=O)[C@H]3[C@H](C2=O)[C@]2(C)C=C[C@]3(C)O2)cc1C. The highest BCUT2D eigenvalue weighted by Crippen LogP contribution is 2.57. The summed E-state index contributed by atoms with van der Waals surface area (Å²) in [6.45, 7) is 7.80. The zero-order valence-corrected chi connectivity index (χ0v) is 13.2. The van der Waals surface area contributed by atoms with E-state index in [1.807, 2.05) is 58.0 Å². The number of benzene rings is 1. The van der Waals surface area contributed by atoms with Gasteiger partial charge in [0.25, 0.3) is 0 Å². The highest BCUT2D eigenvalue weighted by atomic mass is 16.5. The van der Waals surface area contributed by atoms with Crippen LogP contribution in [0.3, 0.4) is 0 Å². The van der Waals surface area contributed by atoms with Crippen molar-refractivity contribution in [2.45, 2.75) is 38.9 Å². The van der Waals surface area contributed by atoms with Crippen LogP contribution >= 0.6 is 0 Å². The molecule has 2 fully saturated rings. The van der Waals surface area contributed by atoms with Gasteiger partial charge in [-0.05, 0) is 51.0 Å². The Morgan fingerprint density at radius 1 is 0.955 bits per heavy atom. The van der Waals surface area contributed by atoms with Crippen molar-refractivity contribution in [2.24, 2.45) is 11.8 Å². The third-order valence-corrected chi connectivity index (χ3v) is 5.47. The lowest BCUT2D eigenvalue weighted by molar-refractivity contribution is -0.128. The summed E-state index contributed by atoms with van der Waals surface area (Å²) >= 11 is 0. The molecule has 1 aromatic carbocycles. The zero-order chi connectivity index (χ0) is 15.9. The molecule has 0 N–H and O–H groups in total. The van der Waals surface area contributed by atoms with Gasteiger partial charge in [0, 0.05) is 0 Å². The van der Waals surface area contributed by atoms with Crippen LogP contribution in [-0.4, -0.2) is 23.0 Å². The fraction of sp³-hybridized carbons (Fsp3) is 0.444. The molecule has 3 heterocycles. The summed E-state index contributed by atoms with van der Waals surface area (Å²) in [5.41, 5.74) is 1.55. The number of carbonyl (C=O) groups excluding carboxylic acids is 2. The van der Waals surface area contributed by atoms with Crippen LogP contribution in [0.4, 0.5) is 5.69 Å². The molecule has 2 saturated heterocycles. The Kier molecular flexibility index (Phi) is 2.41. The van der Waals surface area contributed by atoms with E-state index in [0.29, 0.717) is 5.69 Å². The summed E-state index contributed by atoms with van der Waals surface area (Å²) < 4.78 is 6.00. The lowest BCUT2D eigenvalue weighted by atomic mass is 9.73. The number of amides is 2. The second-order valence-electron chi connectivity index (χ2n) is 7.04. The number of fused-ring (bicyclic) bond motifs is 5. The van der Waals surface area contributed by atoms with E-state index in [1.54, 1.807) is 0 Å². The molecule has 0 saturated carbocycles. The third kappa shape index (κ3) is 1.46. The minimum absolute atomic E-state index is 0.145. The summed E-state index contributed by atoms with van der Waals surface area (Å²) in [6, 6.07) is 5.71. The summed E-state index contributed by atoms with van der Waals surface area (Å²) in [7, 11) is 0. The van der Waals surface area contributed by atoms with Gasteiger partial charge in [0.05, 0.1) is 28.7 Å². The first kappa shape index (κ1) is 13.7. The number of imide groups is 1. The van der Waals surface area contributed by atoms with Crippen molar-refractivity contribution in [3.63, 3.8) is 0 Å². The van der Waals surface area contributed by atoms with E-state index in [0.717, 1.165) is 11.1 Å². The van der Waals surface area contributed by atoms with Gasteiger partial charge >= 0.3 is 0 Å². The number of aryl methyl sites for hydroxylation is 2. The van der Waals surface area contributed by atoms with Gasteiger partial charge in [-0.15, -0.1) is 0 Å². The van der Waals surface area contributed by atoms with Crippen molar-refractivity contribution in [2.75, 3.05) is 4.90 Å². The largest absolute Gasteiger partial charge is 0.359 e. The Morgan fingerprint density at radius 2 is 1.50 bits per heavy atom. The lowest BCUT2D eigenvalue weighted by Gasteiger charge is -2.25. The van der Waals surface area contributed by atoms with Crippen LogP contribution in [0.25, 0.3) is 0 Å². The molecule has 1 aromatic rings. The molecule has 114 valence electrons. The third-order valence-electron chi connectivity index (χ3n) is 5.47. The molecular formula is C18H19NO3. The average molecular weight is 297 g/mol. The summed E-state index contributed by atoms with van der Waals surface area (Å²) in [4.78, 5) is 27.2. The maximum Gasteiger partial charge on any atom is 0.241 e. The molecule has 4 atom stereocenters. The van der Waals surface area contributed by atoms with Gasteiger partial charge < -0.3 is 4.74 Å². The molecule has 4 rings (SSSR count). The van der Waals surface area contributed by atoms with E-state index in [2.05, 4.69) is 0 Å². The Morgan fingerprint density at radius 3 is 2.00 bits per heavy atom. The summed E-state index contributed by atoms with van der Waals surface area (Å²) in [5.74, 6) is -1.13. The summed E-state index contributed by atoms with van der Waals surface area (Å²) in [6.07, 6.45) is 3.87. The van der Waals surface area contributed by atoms with E-state index >= 15 is 0 Å². The Balaban J connectivity index is 1.81. The first-order chi connectivity index (χ1) is 10.3. The van der Waals surface area contributed by atoms with Crippen LogP contribution in [0.5, 0.6) is 0 Å². The van der Waals surface area contributed by atoms with Crippen LogP contribution in [0.15, 0.2) is 30.4 Å². The molecule has 4 nitrogen and oxygen atoms in total. The number of ether oxygens (including phenoxy) is 1. The van der Waals surface area contributed by atoms with Gasteiger partial charge in [0.1, 0.15) is 0 Å². The number of anilines is 1. The van der Waals surface area contributed by atoms with Crippen molar-refractivity contribution in [1.29, 1.82) is 0 Å². The first-order valence-corrected chi connectivity index (χ1v) is 7.62. The molecule has 0 unspecified atom stereocenters. The monoisotopic (exact) mass is 297 g/mol. The molecule has 2 amide bonds. The molecule has 0 spiro atoms. The highest BCUT2D eigenvalue weighted by molar-refractivity contribution is 6.23. The maximum atomic E-state index is 12.9. The van der Waals surface area contributed by atoms with E-state index in [4.69, 9.17) is 4.74 Å². The van der Waals surface area contributed by atoms with Crippen LogP contribution in [-0.2, 0) is 14.3 Å². The Labute approximate surface area is 129 Å². The van der Waals surface area contributed by atoms with Gasteiger partial charge in [-0.1, -0.05) is 18.2 Å². The predicted octanol–water partition coefficient (Wildman–Crippen LogP) is 2.53. The number of hydrogen-bond donors (Lipinski definition) is 0. The quantitative estimate of drug-likeness (QED) is 0.591. The number of hydrogen-bond acceptors (Lipinski definition) is 3. The van der Waals surface area contributed by atoms with Crippen molar-refractivity contribution in [3.8, 4) is 0 Å². The van der Waals surface area contributed by atoms with Crippen LogP contribution in [0.1, 0.15) is 25.0 Å². The van der Waals surface area contributed by atoms with Crippen molar-refractivity contribution >= 4 is 17.5 Å². The minimum Gasteiger partial charge on any atom is -0.359 e. The van der Waals surface area contributed by atoms with E-state index < -0.39 is 23.0 Å². The fourth-order valence-electron chi connectivity index (χ4n) is 4.15. The zero-order valence-electron chi connectivity index (χ0n) is 13.2. The van der Waals surface area contributed by atoms with E-state index in [1.165, 1.54) is 4.90 Å². The molecule has 0 aromatic heterocycles. The molecule has 4 heteroatoms. The van der Waals surface area contributed by atoms with Gasteiger partial charge in [0.2, 0.25) is 11.8 Å². The van der Waals surface area contributed by atoms with Gasteiger partial charge in [-0.25, -0.2) is 4.90 Å². The number of nitrogens with zero attached hydrogens (tertiary/aromatic N) is 1. The molecule has 0 radical (unpaired) electrons. The maximum absolute atomic E-state index is 12.9. The lowest BCUT2D eigenvalue weighted by Crippen LogP contribution is -2.39. The van der Waals surface area contributed by atoms with E-state index in [9.17, 15) is 9.59 Å². The van der Waals surface area contributed by atoms with Crippen molar-refractivity contribution in [3.05, 3.63) is 41.5 Å². The second kappa shape index (κ2) is 3.87. The summed E-state index contributed by atoms with van der Waals surface area (Å²) in [5, 5.41) is 0. The number of rotatable bonds is 1. The van der Waals surface area contributed by atoms with Gasteiger partial charge in [-0.2, -0.15) is 0 Å². The van der Waals surface area contributed by atoms with Crippen LogP contribution in [0.2, 0.25) is 0 Å². The molecular weight excluding hydrogens is 278 g/mol. The Hall–Kier alpha value is -1.94. The highest BCUT2D eigenvalue weighted by Gasteiger charge is 2.70. The minimum atomic E-state index is -0.666.